The molecule has 0 aliphatic rings. The second-order valence-electron chi connectivity index (χ2n) is 5.03. The molecular weight excluding hydrogens is 292 g/mol. The van der Waals surface area contributed by atoms with Gasteiger partial charge in [0.05, 0.1) is 19.4 Å². The van der Waals surface area contributed by atoms with Crippen molar-refractivity contribution in [2.75, 3.05) is 13.0 Å². The van der Waals surface area contributed by atoms with Gasteiger partial charge in [-0.3, -0.25) is 4.57 Å². The molecule has 0 N–H and O–H groups in total. The van der Waals surface area contributed by atoms with Gasteiger partial charge in [0.25, 0.3) is 6.01 Å². The summed E-state index contributed by atoms with van der Waals surface area (Å²) in [6.07, 6.45) is 4.76. The largest absolute Gasteiger partial charge is 0.468 e. The lowest BCUT2D eigenvalue weighted by molar-refractivity contribution is 0.223. The van der Waals surface area contributed by atoms with E-state index in [0.29, 0.717) is 23.4 Å². The smallest absolute Gasteiger partial charge is 0.318 e. The van der Waals surface area contributed by atoms with Crippen LogP contribution in [0.1, 0.15) is 33.1 Å². The van der Waals surface area contributed by atoms with Gasteiger partial charge >= 0.3 is 6.01 Å². The number of ether oxygens (including phenoxy) is 2. The number of rotatable bonds is 8. The molecule has 21 heavy (non-hydrogen) atoms. The summed E-state index contributed by atoms with van der Waals surface area (Å²) in [7, 11) is 1.61. The number of hydrogen-bond donors (Lipinski definition) is 0. The van der Waals surface area contributed by atoms with E-state index in [1.807, 2.05) is 18.4 Å². The second-order valence-corrected chi connectivity index (χ2v) is 5.41. The van der Waals surface area contributed by atoms with E-state index in [0.717, 1.165) is 31.5 Å². The Hall–Kier alpha value is -1.56. The maximum atomic E-state index is 5.70. The summed E-state index contributed by atoms with van der Waals surface area (Å²) in [5.74, 6) is 0.691. The standard InChI is InChI=1S/C14H21ClN4O2/c1-10(2)21-13-16-9-11-12(18-13)19(14(17-11)20-3)8-6-4-5-7-15/h9-10H,4-8H2,1-3H3. The van der Waals surface area contributed by atoms with Crippen LogP contribution in [0.2, 0.25) is 0 Å². The zero-order valence-corrected chi connectivity index (χ0v) is 13.4. The Bertz CT molecular complexity index is 586. The second kappa shape index (κ2) is 7.45. The number of aryl methyl sites for hydroxylation is 1. The summed E-state index contributed by atoms with van der Waals surface area (Å²) in [6, 6.07) is 0.911. The van der Waals surface area contributed by atoms with Crippen LogP contribution in [0.4, 0.5) is 0 Å². The number of alkyl halides is 1. The van der Waals surface area contributed by atoms with Gasteiger partial charge in [-0.15, -0.1) is 11.6 Å². The fourth-order valence-electron chi connectivity index (χ4n) is 2.05. The van der Waals surface area contributed by atoms with Gasteiger partial charge < -0.3 is 9.47 Å². The molecule has 0 aliphatic carbocycles. The molecule has 2 heterocycles. The van der Waals surface area contributed by atoms with E-state index in [1.54, 1.807) is 13.3 Å². The van der Waals surface area contributed by atoms with E-state index >= 15 is 0 Å². The quantitative estimate of drug-likeness (QED) is 0.554. The predicted molar refractivity (Wildman–Crippen MR) is 82.2 cm³/mol. The maximum Gasteiger partial charge on any atom is 0.318 e. The average Bonchev–Trinajstić information content (AvgIpc) is 2.80. The third-order valence-electron chi connectivity index (χ3n) is 2.97. The molecule has 2 aromatic rings. The number of hydrogen-bond acceptors (Lipinski definition) is 5. The van der Waals surface area contributed by atoms with Crippen LogP contribution in [-0.2, 0) is 6.54 Å². The molecule has 6 nitrogen and oxygen atoms in total. The SMILES string of the molecule is COc1nc2cnc(OC(C)C)nc2n1CCCCCCl. The lowest BCUT2D eigenvalue weighted by Crippen LogP contribution is -2.09. The molecule has 0 fully saturated rings. The van der Waals surface area contributed by atoms with Crippen molar-refractivity contribution in [2.24, 2.45) is 0 Å². The lowest BCUT2D eigenvalue weighted by atomic mass is 10.2. The van der Waals surface area contributed by atoms with Gasteiger partial charge in [0.15, 0.2) is 5.65 Å². The summed E-state index contributed by atoms with van der Waals surface area (Å²) < 4.78 is 12.8. The molecule has 0 aliphatic heterocycles. The molecule has 2 aromatic heterocycles. The Balaban J connectivity index is 2.26. The van der Waals surface area contributed by atoms with Gasteiger partial charge in [0.1, 0.15) is 5.52 Å². The molecule has 116 valence electrons. The van der Waals surface area contributed by atoms with Gasteiger partial charge in [-0.25, -0.2) is 4.98 Å². The highest BCUT2D eigenvalue weighted by atomic mass is 35.5. The molecule has 0 radical (unpaired) electrons. The topological polar surface area (TPSA) is 62.1 Å². The molecule has 0 amide bonds. The molecule has 0 atom stereocenters. The van der Waals surface area contributed by atoms with Crippen LogP contribution in [0.25, 0.3) is 11.2 Å². The minimum Gasteiger partial charge on any atom is -0.468 e. The third kappa shape index (κ3) is 3.97. The monoisotopic (exact) mass is 312 g/mol. The first kappa shape index (κ1) is 15.8. The highest BCUT2D eigenvalue weighted by Crippen LogP contribution is 2.22. The fourth-order valence-corrected chi connectivity index (χ4v) is 2.24. The zero-order chi connectivity index (χ0) is 15.2. The average molecular weight is 313 g/mol. The molecular formula is C14H21ClN4O2. The van der Waals surface area contributed by atoms with Gasteiger partial charge in [-0.1, -0.05) is 6.42 Å². The van der Waals surface area contributed by atoms with Crippen LogP contribution in [0.15, 0.2) is 6.20 Å². The predicted octanol–water partition coefficient (Wildman–Crippen LogP) is 3.03. The molecule has 0 aromatic carbocycles. The van der Waals surface area contributed by atoms with E-state index in [9.17, 15) is 0 Å². The van der Waals surface area contributed by atoms with Crippen molar-refractivity contribution in [2.45, 2.75) is 45.8 Å². The zero-order valence-electron chi connectivity index (χ0n) is 12.7. The number of aromatic nitrogens is 4. The Labute approximate surface area is 129 Å². The number of nitrogens with zero attached hydrogens (tertiary/aromatic N) is 4. The normalized spacial score (nSPS) is 11.3. The van der Waals surface area contributed by atoms with Crippen molar-refractivity contribution in [3.8, 4) is 12.0 Å². The maximum absolute atomic E-state index is 5.70. The molecule has 0 bridgehead atoms. The Kier molecular flexibility index (Phi) is 5.61. The van der Waals surface area contributed by atoms with E-state index < -0.39 is 0 Å². The molecule has 0 spiro atoms. The minimum atomic E-state index is 0.0319. The Morgan fingerprint density at radius 2 is 2.05 bits per heavy atom. The van der Waals surface area contributed by atoms with Crippen LogP contribution >= 0.6 is 11.6 Å². The minimum absolute atomic E-state index is 0.0319. The summed E-state index contributed by atoms with van der Waals surface area (Å²) in [6.45, 7) is 4.67. The van der Waals surface area contributed by atoms with Crippen molar-refractivity contribution < 1.29 is 9.47 Å². The van der Waals surface area contributed by atoms with Crippen molar-refractivity contribution in [1.29, 1.82) is 0 Å². The summed E-state index contributed by atoms with van der Waals surface area (Å²) in [5.41, 5.74) is 1.45. The van der Waals surface area contributed by atoms with Crippen LogP contribution in [0, 0.1) is 0 Å². The van der Waals surface area contributed by atoms with Crippen LogP contribution in [0.3, 0.4) is 0 Å². The van der Waals surface area contributed by atoms with Gasteiger partial charge in [0, 0.05) is 12.4 Å². The van der Waals surface area contributed by atoms with Crippen LogP contribution < -0.4 is 9.47 Å². The lowest BCUT2D eigenvalue weighted by Gasteiger charge is -2.09. The highest BCUT2D eigenvalue weighted by Gasteiger charge is 2.14. The van der Waals surface area contributed by atoms with E-state index in [4.69, 9.17) is 21.1 Å². The van der Waals surface area contributed by atoms with Crippen LogP contribution in [-0.4, -0.2) is 38.6 Å². The van der Waals surface area contributed by atoms with Crippen molar-refractivity contribution in [3.63, 3.8) is 0 Å². The number of unbranched alkanes of at least 4 members (excludes halogenated alkanes) is 2. The molecule has 0 saturated heterocycles. The van der Waals surface area contributed by atoms with E-state index in [1.165, 1.54) is 0 Å². The number of imidazole rings is 1. The molecule has 2 rings (SSSR count). The van der Waals surface area contributed by atoms with Gasteiger partial charge in [-0.2, -0.15) is 9.97 Å². The summed E-state index contributed by atoms with van der Waals surface area (Å²) in [5, 5.41) is 0. The molecule has 0 saturated carbocycles. The fraction of sp³-hybridized carbons (Fsp3) is 0.643. The Morgan fingerprint density at radius 3 is 2.71 bits per heavy atom. The molecule has 7 heteroatoms. The van der Waals surface area contributed by atoms with Crippen LogP contribution in [0.5, 0.6) is 12.0 Å². The van der Waals surface area contributed by atoms with Gasteiger partial charge in [0.2, 0.25) is 0 Å². The van der Waals surface area contributed by atoms with E-state index in [2.05, 4.69) is 15.0 Å². The highest BCUT2D eigenvalue weighted by molar-refractivity contribution is 6.17. The Morgan fingerprint density at radius 1 is 1.24 bits per heavy atom. The summed E-state index contributed by atoms with van der Waals surface area (Å²) >= 11 is 5.70. The third-order valence-corrected chi connectivity index (χ3v) is 3.24. The number of fused-ring (bicyclic) bond motifs is 1. The van der Waals surface area contributed by atoms with Crippen molar-refractivity contribution >= 4 is 22.8 Å². The summed E-state index contributed by atoms with van der Waals surface area (Å²) in [4.78, 5) is 13.0. The molecule has 0 unspecified atom stereocenters. The number of methoxy groups -OCH3 is 1. The van der Waals surface area contributed by atoms with Crippen molar-refractivity contribution in [3.05, 3.63) is 6.20 Å². The van der Waals surface area contributed by atoms with E-state index in [-0.39, 0.29) is 6.10 Å². The van der Waals surface area contributed by atoms with Gasteiger partial charge in [-0.05, 0) is 26.7 Å². The first-order valence-electron chi connectivity index (χ1n) is 7.15. The van der Waals surface area contributed by atoms with Crippen molar-refractivity contribution in [1.82, 2.24) is 19.5 Å². The first-order valence-corrected chi connectivity index (χ1v) is 7.69. The first-order chi connectivity index (χ1) is 10.2. The number of halogens is 1.